The molecule has 3 N–H and O–H groups in total. The lowest BCUT2D eigenvalue weighted by Crippen LogP contribution is -2.44. The Bertz CT molecular complexity index is 564. The Labute approximate surface area is 124 Å². The van der Waals surface area contributed by atoms with E-state index in [0.29, 0.717) is 29.8 Å². The van der Waals surface area contributed by atoms with Gasteiger partial charge >= 0.3 is 0 Å². The van der Waals surface area contributed by atoms with Crippen molar-refractivity contribution in [3.63, 3.8) is 0 Å². The smallest absolute Gasteiger partial charge is 0.128 e. The third-order valence-electron chi connectivity index (χ3n) is 4.60. The quantitative estimate of drug-likeness (QED) is 0.813. The van der Waals surface area contributed by atoms with E-state index in [-0.39, 0.29) is 18.5 Å². The molecule has 0 aromatic heterocycles. The maximum Gasteiger partial charge on any atom is 0.128 e. The second-order valence-electron chi connectivity index (χ2n) is 5.99. The van der Waals surface area contributed by atoms with Crippen molar-refractivity contribution in [2.24, 2.45) is 5.73 Å². The first kappa shape index (κ1) is 14.5. The molecule has 2 aliphatic heterocycles. The summed E-state index contributed by atoms with van der Waals surface area (Å²) in [5.74, 6) is 5.38. The lowest BCUT2D eigenvalue weighted by Gasteiger charge is -2.37. The highest BCUT2D eigenvalue weighted by Gasteiger charge is 2.40. The summed E-state index contributed by atoms with van der Waals surface area (Å²) >= 11 is 0. The third-order valence-corrected chi connectivity index (χ3v) is 4.60. The summed E-state index contributed by atoms with van der Waals surface area (Å²) in [7, 11) is 0. The molecule has 2 saturated heterocycles. The van der Waals surface area contributed by atoms with E-state index in [0.717, 1.165) is 25.7 Å². The highest BCUT2D eigenvalue weighted by Crippen LogP contribution is 2.37. The molecule has 2 fully saturated rings. The normalized spacial score (nSPS) is 28.2. The van der Waals surface area contributed by atoms with E-state index in [4.69, 9.17) is 5.73 Å². The Kier molecular flexibility index (Phi) is 4.25. The van der Waals surface area contributed by atoms with Gasteiger partial charge in [0.15, 0.2) is 0 Å². The average Bonchev–Trinajstić information content (AvgIpc) is 2.69. The lowest BCUT2D eigenvalue weighted by atomic mass is 9.99. The molecule has 3 nitrogen and oxygen atoms in total. The van der Waals surface area contributed by atoms with Crippen LogP contribution >= 0.6 is 0 Å². The van der Waals surface area contributed by atoms with Crippen molar-refractivity contribution in [2.45, 2.75) is 50.4 Å². The standard InChI is InChI=1S/C17H21FN2O/c18-17-8-12(2-1-7-19)3-4-13(17)11-20-14-5-6-15(20)10-16(21)9-14/h3-4,8,14-16,21H,5-7,9-11,19H2. The van der Waals surface area contributed by atoms with Crippen LogP contribution in [0.5, 0.6) is 0 Å². The average molecular weight is 288 g/mol. The second-order valence-corrected chi connectivity index (χ2v) is 5.99. The van der Waals surface area contributed by atoms with Gasteiger partial charge in [0.05, 0.1) is 12.6 Å². The lowest BCUT2D eigenvalue weighted by molar-refractivity contribution is 0.0305. The zero-order valence-electron chi connectivity index (χ0n) is 12.1. The Morgan fingerprint density at radius 2 is 2.00 bits per heavy atom. The number of aliphatic hydroxyl groups is 1. The number of nitrogens with two attached hydrogens (primary N) is 1. The van der Waals surface area contributed by atoms with Gasteiger partial charge < -0.3 is 10.8 Å². The number of fused-ring (bicyclic) bond motifs is 2. The number of halogens is 1. The number of piperidine rings is 1. The highest BCUT2D eigenvalue weighted by atomic mass is 19.1. The van der Waals surface area contributed by atoms with E-state index in [9.17, 15) is 9.50 Å². The number of benzene rings is 1. The van der Waals surface area contributed by atoms with Crippen molar-refractivity contribution in [3.05, 3.63) is 35.1 Å². The van der Waals surface area contributed by atoms with Gasteiger partial charge in [0.1, 0.15) is 5.82 Å². The number of hydrogen-bond donors (Lipinski definition) is 2. The molecule has 4 heteroatoms. The summed E-state index contributed by atoms with van der Waals surface area (Å²) in [6.45, 7) is 0.904. The molecule has 2 heterocycles. The van der Waals surface area contributed by atoms with Crippen molar-refractivity contribution in [3.8, 4) is 11.8 Å². The van der Waals surface area contributed by atoms with Gasteiger partial charge in [-0.15, -0.1) is 0 Å². The molecule has 0 saturated carbocycles. The highest BCUT2D eigenvalue weighted by molar-refractivity contribution is 5.37. The van der Waals surface area contributed by atoms with Gasteiger partial charge in [-0.3, -0.25) is 4.90 Å². The van der Waals surface area contributed by atoms with Gasteiger partial charge in [-0.1, -0.05) is 17.9 Å². The van der Waals surface area contributed by atoms with E-state index in [1.807, 2.05) is 12.1 Å². The number of hydrogen-bond acceptors (Lipinski definition) is 3. The fourth-order valence-electron chi connectivity index (χ4n) is 3.61. The summed E-state index contributed by atoms with van der Waals surface area (Å²) in [5.41, 5.74) is 6.70. The van der Waals surface area contributed by atoms with Crippen molar-refractivity contribution in [1.82, 2.24) is 4.90 Å². The number of aliphatic hydroxyl groups excluding tert-OH is 1. The topological polar surface area (TPSA) is 49.5 Å². The van der Waals surface area contributed by atoms with E-state index < -0.39 is 0 Å². The Morgan fingerprint density at radius 3 is 2.62 bits per heavy atom. The fraction of sp³-hybridized carbons (Fsp3) is 0.529. The van der Waals surface area contributed by atoms with Gasteiger partial charge in [0.25, 0.3) is 0 Å². The summed E-state index contributed by atoms with van der Waals surface area (Å²) in [6, 6.07) is 5.95. The van der Waals surface area contributed by atoms with Gasteiger partial charge in [0, 0.05) is 29.8 Å². The van der Waals surface area contributed by atoms with Crippen LogP contribution in [0, 0.1) is 17.7 Å². The first-order valence-electron chi connectivity index (χ1n) is 7.58. The Balaban J connectivity index is 1.74. The van der Waals surface area contributed by atoms with E-state index in [2.05, 4.69) is 16.7 Å². The monoisotopic (exact) mass is 288 g/mol. The van der Waals surface area contributed by atoms with Crippen LogP contribution in [0.4, 0.5) is 4.39 Å². The second kappa shape index (κ2) is 6.15. The summed E-state index contributed by atoms with van der Waals surface area (Å²) in [4.78, 5) is 2.36. The zero-order chi connectivity index (χ0) is 14.8. The largest absolute Gasteiger partial charge is 0.393 e. The SMILES string of the molecule is NCC#Cc1ccc(CN2C3CCC2CC(O)C3)c(F)c1. The maximum absolute atomic E-state index is 14.2. The van der Waals surface area contributed by atoms with Crippen LogP contribution in [0.2, 0.25) is 0 Å². The predicted octanol–water partition coefficient (Wildman–Crippen LogP) is 1.62. The van der Waals surface area contributed by atoms with E-state index in [1.165, 1.54) is 6.07 Å². The van der Waals surface area contributed by atoms with Crippen LogP contribution in [-0.2, 0) is 6.54 Å². The molecule has 112 valence electrons. The number of nitrogens with zero attached hydrogens (tertiary/aromatic N) is 1. The molecule has 0 amide bonds. The summed E-state index contributed by atoms with van der Waals surface area (Å²) < 4.78 is 14.2. The van der Waals surface area contributed by atoms with Gasteiger partial charge in [-0.2, -0.15) is 0 Å². The minimum Gasteiger partial charge on any atom is -0.393 e. The van der Waals surface area contributed by atoms with Crippen LogP contribution in [0.3, 0.4) is 0 Å². The minimum atomic E-state index is -0.204. The minimum absolute atomic E-state index is 0.183. The zero-order valence-corrected chi connectivity index (χ0v) is 12.1. The first-order valence-corrected chi connectivity index (χ1v) is 7.58. The maximum atomic E-state index is 14.2. The van der Waals surface area contributed by atoms with Crippen LogP contribution in [-0.4, -0.2) is 34.7 Å². The van der Waals surface area contributed by atoms with Gasteiger partial charge in [0.2, 0.25) is 0 Å². The van der Waals surface area contributed by atoms with Crippen LogP contribution in [0.1, 0.15) is 36.8 Å². The van der Waals surface area contributed by atoms with Crippen molar-refractivity contribution in [1.29, 1.82) is 0 Å². The molecule has 2 bridgehead atoms. The molecule has 1 aromatic carbocycles. The molecule has 3 rings (SSSR count). The molecular weight excluding hydrogens is 267 g/mol. The molecule has 1 aromatic rings. The molecule has 0 aliphatic carbocycles. The van der Waals surface area contributed by atoms with Crippen LogP contribution in [0.25, 0.3) is 0 Å². The molecular formula is C17H21FN2O. The molecule has 0 spiro atoms. The first-order chi connectivity index (χ1) is 10.2. The van der Waals surface area contributed by atoms with Gasteiger partial charge in [-0.05, 0) is 37.8 Å². The summed E-state index contributed by atoms with van der Waals surface area (Å²) in [6.07, 6.45) is 3.68. The van der Waals surface area contributed by atoms with Crippen LogP contribution in [0.15, 0.2) is 18.2 Å². The Morgan fingerprint density at radius 1 is 1.29 bits per heavy atom. The molecule has 2 unspecified atom stereocenters. The molecule has 2 atom stereocenters. The number of rotatable bonds is 2. The predicted molar refractivity (Wildman–Crippen MR) is 79.9 cm³/mol. The van der Waals surface area contributed by atoms with Crippen molar-refractivity contribution >= 4 is 0 Å². The Hall–Kier alpha value is -1.41. The molecule has 2 aliphatic rings. The third kappa shape index (κ3) is 3.11. The van der Waals surface area contributed by atoms with E-state index >= 15 is 0 Å². The van der Waals surface area contributed by atoms with Gasteiger partial charge in [-0.25, -0.2) is 4.39 Å². The fourth-order valence-corrected chi connectivity index (χ4v) is 3.61. The molecule has 21 heavy (non-hydrogen) atoms. The van der Waals surface area contributed by atoms with E-state index in [1.54, 1.807) is 0 Å². The summed E-state index contributed by atoms with van der Waals surface area (Å²) in [5, 5.41) is 9.82. The van der Waals surface area contributed by atoms with Crippen molar-refractivity contribution in [2.75, 3.05) is 6.54 Å². The van der Waals surface area contributed by atoms with Crippen molar-refractivity contribution < 1.29 is 9.50 Å². The van der Waals surface area contributed by atoms with Crippen LogP contribution < -0.4 is 5.73 Å². The molecule has 0 radical (unpaired) electrons.